The Morgan fingerprint density at radius 1 is 1.44 bits per heavy atom. The van der Waals surface area contributed by atoms with Crippen molar-refractivity contribution in [1.29, 1.82) is 0 Å². The molecule has 0 unspecified atom stereocenters. The molecule has 1 aromatic carbocycles. The van der Waals surface area contributed by atoms with Crippen molar-refractivity contribution in [2.45, 2.75) is 13.8 Å². The number of carbonyl (C=O) groups is 1. The zero-order valence-corrected chi connectivity index (χ0v) is 10.3. The van der Waals surface area contributed by atoms with Crippen LogP contribution in [-0.2, 0) is 0 Å². The van der Waals surface area contributed by atoms with Crippen LogP contribution in [-0.4, -0.2) is 27.6 Å². The highest BCUT2D eigenvalue weighted by Crippen LogP contribution is 2.20. The third kappa shape index (κ3) is 2.17. The zero-order valence-electron chi connectivity index (χ0n) is 10.3. The molecular formula is C12H15N5O. The first-order valence-electron chi connectivity index (χ1n) is 5.69. The fourth-order valence-electron chi connectivity index (χ4n) is 1.79. The Hall–Kier alpha value is -2.37. The summed E-state index contributed by atoms with van der Waals surface area (Å²) in [4.78, 5) is 17.8. The van der Waals surface area contributed by atoms with Gasteiger partial charge in [-0.2, -0.15) is 4.98 Å². The van der Waals surface area contributed by atoms with Gasteiger partial charge in [-0.05, 0) is 25.5 Å². The first kappa shape index (κ1) is 12.1. The van der Waals surface area contributed by atoms with Crippen molar-refractivity contribution in [2.75, 3.05) is 17.2 Å². The molecule has 3 N–H and O–H groups in total. The molecule has 1 amide bonds. The van der Waals surface area contributed by atoms with Crippen molar-refractivity contribution < 1.29 is 4.79 Å². The minimum Gasteiger partial charge on any atom is -0.366 e. The molecule has 0 fully saturated rings. The first-order chi connectivity index (χ1) is 8.63. The number of nitrogens with one attached hydrogen (secondary N) is 1. The van der Waals surface area contributed by atoms with E-state index in [0.29, 0.717) is 6.54 Å². The number of rotatable bonds is 3. The summed E-state index contributed by atoms with van der Waals surface area (Å²) in [5.41, 5.74) is 7.29. The molecule has 6 nitrogen and oxygen atoms in total. The van der Waals surface area contributed by atoms with Crippen molar-refractivity contribution in [2.24, 2.45) is 0 Å². The number of anilines is 2. The van der Waals surface area contributed by atoms with E-state index in [0.717, 1.165) is 11.3 Å². The van der Waals surface area contributed by atoms with Gasteiger partial charge in [0.05, 0.1) is 0 Å². The van der Waals surface area contributed by atoms with E-state index in [-0.39, 0.29) is 17.7 Å². The lowest BCUT2D eigenvalue weighted by Crippen LogP contribution is -2.32. The first-order valence-corrected chi connectivity index (χ1v) is 5.69. The molecule has 0 aliphatic carbocycles. The summed E-state index contributed by atoms with van der Waals surface area (Å²) in [6.45, 7) is 4.41. The van der Waals surface area contributed by atoms with Crippen LogP contribution in [0.25, 0.3) is 0 Å². The van der Waals surface area contributed by atoms with Gasteiger partial charge in [-0.25, -0.2) is 0 Å². The summed E-state index contributed by atoms with van der Waals surface area (Å²) in [6, 6.07) is 7.69. The SMILES string of the molecule is CCN(C(=O)c1nc(N)n[nH]1)c1ccccc1C. The Morgan fingerprint density at radius 2 is 2.17 bits per heavy atom. The fourth-order valence-corrected chi connectivity index (χ4v) is 1.79. The standard InChI is InChI=1S/C12H15N5O/c1-3-17(9-7-5-4-6-8(9)2)11(18)10-14-12(13)16-15-10/h4-7H,3H2,1-2H3,(H3,13,14,15,16). The number of H-pyrrole nitrogens is 1. The van der Waals surface area contributed by atoms with Gasteiger partial charge in [0.2, 0.25) is 11.8 Å². The molecule has 0 saturated carbocycles. The van der Waals surface area contributed by atoms with Crippen LogP contribution in [0.2, 0.25) is 0 Å². The number of benzene rings is 1. The van der Waals surface area contributed by atoms with Crippen molar-refractivity contribution in [3.8, 4) is 0 Å². The Morgan fingerprint density at radius 3 is 2.72 bits per heavy atom. The van der Waals surface area contributed by atoms with Crippen LogP contribution < -0.4 is 10.6 Å². The van der Waals surface area contributed by atoms with Crippen LogP contribution in [0.15, 0.2) is 24.3 Å². The van der Waals surface area contributed by atoms with Gasteiger partial charge < -0.3 is 10.6 Å². The smallest absolute Gasteiger partial charge is 0.295 e. The number of aromatic nitrogens is 3. The Kier molecular flexibility index (Phi) is 3.27. The molecule has 0 aliphatic rings. The van der Waals surface area contributed by atoms with Gasteiger partial charge in [-0.1, -0.05) is 18.2 Å². The van der Waals surface area contributed by atoms with E-state index in [4.69, 9.17) is 5.73 Å². The monoisotopic (exact) mass is 245 g/mol. The van der Waals surface area contributed by atoms with Gasteiger partial charge in [-0.15, -0.1) is 5.10 Å². The third-order valence-electron chi connectivity index (χ3n) is 2.67. The van der Waals surface area contributed by atoms with E-state index in [1.807, 2.05) is 38.1 Å². The van der Waals surface area contributed by atoms with Crippen molar-refractivity contribution >= 4 is 17.5 Å². The van der Waals surface area contributed by atoms with Gasteiger partial charge in [0.15, 0.2) is 0 Å². The molecule has 0 bridgehead atoms. The molecule has 1 aromatic heterocycles. The molecule has 0 aliphatic heterocycles. The predicted octanol–water partition coefficient (Wildman–Crippen LogP) is 1.36. The molecule has 94 valence electrons. The Bertz CT molecular complexity index is 563. The summed E-state index contributed by atoms with van der Waals surface area (Å²) in [5.74, 6) is -0.0206. The molecule has 0 spiro atoms. The topological polar surface area (TPSA) is 87.9 Å². The average molecular weight is 245 g/mol. The number of amides is 1. The average Bonchev–Trinajstić information content (AvgIpc) is 2.79. The Labute approximate surface area is 105 Å². The molecule has 2 rings (SSSR count). The van der Waals surface area contributed by atoms with E-state index in [9.17, 15) is 4.79 Å². The van der Waals surface area contributed by atoms with Crippen LogP contribution in [0.3, 0.4) is 0 Å². The summed E-state index contributed by atoms with van der Waals surface area (Å²) in [6.07, 6.45) is 0. The quantitative estimate of drug-likeness (QED) is 0.854. The van der Waals surface area contributed by atoms with Crippen LogP contribution in [0.5, 0.6) is 0 Å². The molecule has 0 saturated heterocycles. The number of hydrogen-bond donors (Lipinski definition) is 2. The maximum atomic E-state index is 12.3. The molecule has 0 atom stereocenters. The van der Waals surface area contributed by atoms with E-state index in [1.165, 1.54) is 0 Å². The second-order valence-electron chi connectivity index (χ2n) is 3.88. The fraction of sp³-hybridized carbons (Fsp3) is 0.250. The van der Waals surface area contributed by atoms with E-state index in [2.05, 4.69) is 15.2 Å². The number of nitrogens with zero attached hydrogens (tertiary/aromatic N) is 3. The van der Waals surface area contributed by atoms with E-state index < -0.39 is 0 Å². The lowest BCUT2D eigenvalue weighted by molar-refractivity contribution is 0.0978. The number of para-hydroxylation sites is 1. The summed E-state index contributed by atoms with van der Waals surface area (Å²) >= 11 is 0. The number of nitrogen functional groups attached to an aromatic ring is 1. The van der Waals surface area contributed by atoms with Gasteiger partial charge in [-0.3, -0.25) is 9.89 Å². The third-order valence-corrected chi connectivity index (χ3v) is 2.67. The van der Waals surface area contributed by atoms with Crippen LogP contribution in [0, 0.1) is 6.92 Å². The maximum absolute atomic E-state index is 12.3. The van der Waals surface area contributed by atoms with Crippen LogP contribution in [0.4, 0.5) is 11.6 Å². The maximum Gasteiger partial charge on any atom is 0.295 e. The van der Waals surface area contributed by atoms with Gasteiger partial charge in [0, 0.05) is 12.2 Å². The predicted molar refractivity (Wildman–Crippen MR) is 69.3 cm³/mol. The molecule has 18 heavy (non-hydrogen) atoms. The lowest BCUT2D eigenvalue weighted by Gasteiger charge is -2.21. The van der Waals surface area contributed by atoms with Crippen molar-refractivity contribution in [3.05, 3.63) is 35.7 Å². The molecule has 6 heteroatoms. The molecule has 0 radical (unpaired) electrons. The number of carbonyl (C=O) groups excluding carboxylic acids is 1. The highest BCUT2D eigenvalue weighted by atomic mass is 16.2. The highest BCUT2D eigenvalue weighted by Gasteiger charge is 2.20. The second-order valence-corrected chi connectivity index (χ2v) is 3.88. The zero-order chi connectivity index (χ0) is 13.1. The number of hydrogen-bond acceptors (Lipinski definition) is 4. The lowest BCUT2D eigenvalue weighted by atomic mass is 10.2. The van der Waals surface area contributed by atoms with Gasteiger partial charge in [0.25, 0.3) is 5.91 Å². The van der Waals surface area contributed by atoms with Crippen molar-refractivity contribution in [1.82, 2.24) is 15.2 Å². The van der Waals surface area contributed by atoms with E-state index >= 15 is 0 Å². The normalized spacial score (nSPS) is 10.3. The number of nitrogens with two attached hydrogens (primary N) is 1. The summed E-state index contributed by atoms with van der Waals surface area (Å²) < 4.78 is 0. The second kappa shape index (κ2) is 4.87. The Balaban J connectivity index is 2.35. The van der Waals surface area contributed by atoms with E-state index in [1.54, 1.807) is 4.90 Å². The summed E-state index contributed by atoms with van der Waals surface area (Å²) in [7, 11) is 0. The molecule has 2 aromatic rings. The number of aromatic amines is 1. The van der Waals surface area contributed by atoms with Crippen LogP contribution in [0.1, 0.15) is 23.1 Å². The van der Waals surface area contributed by atoms with Gasteiger partial charge >= 0.3 is 0 Å². The minimum absolute atomic E-state index is 0.0687. The van der Waals surface area contributed by atoms with Crippen molar-refractivity contribution in [3.63, 3.8) is 0 Å². The van der Waals surface area contributed by atoms with Gasteiger partial charge in [0.1, 0.15) is 0 Å². The summed E-state index contributed by atoms with van der Waals surface area (Å²) in [5, 5.41) is 6.20. The molecule has 1 heterocycles. The largest absolute Gasteiger partial charge is 0.366 e. The molecular weight excluding hydrogens is 230 g/mol. The number of aryl methyl sites for hydroxylation is 1. The minimum atomic E-state index is -0.240. The van der Waals surface area contributed by atoms with Crippen LogP contribution >= 0.6 is 0 Å². The highest BCUT2D eigenvalue weighted by molar-refractivity contribution is 6.04.